The van der Waals surface area contributed by atoms with Crippen LogP contribution in [0.25, 0.3) is 11.1 Å². The first-order valence-corrected chi connectivity index (χ1v) is 19.4. The molecule has 16 nitrogen and oxygen atoms in total. The number of nitrogens with one attached hydrogen (secondary N) is 1. The number of hydrogen-bond donors (Lipinski definition) is 7. The maximum Gasteiger partial charge on any atom is 0.259 e. The number of amides is 1. The van der Waals surface area contributed by atoms with Crippen LogP contribution in [0, 0.1) is 12.8 Å². The predicted octanol–water partition coefficient (Wildman–Crippen LogP) is 2.83. The van der Waals surface area contributed by atoms with Crippen molar-refractivity contribution in [3.63, 3.8) is 0 Å². The molecule has 0 bridgehead atoms. The van der Waals surface area contributed by atoms with Gasteiger partial charge in [0.15, 0.2) is 23.2 Å². The number of aryl methyl sites for hydroxylation is 1. The molecule has 4 aromatic rings. The Labute approximate surface area is 348 Å². The number of fused-ring (bicyclic) bond motifs is 5. The minimum absolute atomic E-state index is 0.00746. The van der Waals surface area contributed by atoms with Crippen molar-refractivity contribution in [1.82, 2.24) is 0 Å². The number of aliphatic imine (C=N–C) groups is 1. The second-order valence-electron chi connectivity index (χ2n) is 15.7. The average Bonchev–Trinajstić information content (AvgIpc) is 3.22. The standard InChI is InChI=1S/C45H42N2O14/c1-19-14-23-15-30(50)45(60-4)41(56)33-26(16-25-32(37(33)53)29(49)17-28(35(25)51)47-43-27(18-48)36(52)39(59-3)20(2)61-43)40(55)44(45,58)34(23)38(54)31(19)42(57)46-24-12-10-22(11-13-24)21-8-6-5-7-9-21/h5-14,16,20,27,30,36,39,43,48,50,52-54,58H,15,17-18H2,1-4H3,(H,46,57)/t20-,27+,30+,36-,39-,43-,44-,45+/m0/s1. The lowest BCUT2D eigenvalue weighted by Gasteiger charge is -2.53. The summed E-state index contributed by atoms with van der Waals surface area (Å²) in [5, 5.41) is 71.8. The number of aliphatic hydroxyl groups excluding tert-OH is 3. The molecule has 4 aliphatic rings. The summed E-state index contributed by atoms with van der Waals surface area (Å²) in [6, 6.07) is 18.6. The lowest BCUT2D eigenvalue weighted by atomic mass is 9.56. The molecule has 8 rings (SSSR count). The van der Waals surface area contributed by atoms with Gasteiger partial charge in [-0.1, -0.05) is 48.5 Å². The van der Waals surface area contributed by atoms with Crippen LogP contribution in [0.4, 0.5) is 5.69 Å². The van der Waals surface area contributed by atoms with Crippen molar-refractivity contribution in [3.05, 3.63) is 111 Å². The number of nitrogens with zero attached hydrogens (tertiary/aromatic N) is 1. The molecule has 1 amide bonds. The van der Waals surface area contributed by atoms with Crippen LogP contribution in [0.1, 0.15) is 81.8 Å². The fourth-order valence-electron chi connectivity index (χ4n) is 9.44. The molecule has 0 radical (unpaired) electrons. The van der Waals surface area contributed by atoms with Gasteiger partial charge in [0.1, 0.15) is 17.6 Å². The van der Waals surface area contributed by atoms with E-state index in [0.29, 0.717) is 5.69 Å². The summed E-state index contributed by atoms with van der Waals surface area (Å²) in [4.78, 5) is 75.8. The molecule has 4 aromatic carbocycles. The van der Waals surface area contributed by atoms with Crippen LogP contribution in [0.5, 0.6) is 11.5 Å². The molecule has 0 unspecified atom stereocenters. The number of carbonyl (C=O) groups excluding carboxylic acids is 5. The Morgan fingerprint density at radius 3 is 2.23 bits per heavy atom. The van der Waals surface area contributed by atoms with Crippen molar-refractivity contribution in [2.24, 2.45) is 10.9 Å². The van der Waals surface area contributed by atoms with E-state index in [1.165, 1.54) is 20.1 Å². The molecule has 0 spiro atoms. The highest BCUT2D eigenvalue weighted by atomic mass is 16.6. The van der Waals surface area contributed by atoms with Crippen LogP contribution >= 0.6 is 0 Å². The topological polar surface area (TPSA) is 259 Å². The summed E-state index contributed by atoms with van der Waals surface area (Å²) in [6.45, 7) is 2.44. The summed E-state index contributed by atoms with van der Waals surface area (Å²) < 4.78 is 16.7. The van der Waals surface area contributed by atoms with Crippen LogP contribution in [0.2, 0.25) is 0 Å². The van der Waals surface area contributed by atoms with Gasteiger partial charge in [0.2, 0.25) is 17.3 Å². The lowest BCUT2D eigenvalue weighted by Crippen LogP contribution is -2.73. The van der Waals surface area contributed by atoms with Crippen LogP contribution in [0.15, 0.2) is 71.7 Å². The van der Waals surface area contributed by atoms with E-state index in [9.17, 15) is 54.6 Å². The highest BCUT2D eigenvalue weighted by molar-refractivity contribution is 6.53. The SMILES string of the molecule is CO[C@@H]1[C@@H](O)[C@@H](CO)[C@@H](N=C2CC(=O)c3c(cc4c(c3O)C(=O)[C@]3(OC)[C@H](O)Cc5cc(C)c(C(=O)Nc6ccc(-c7ccccc7)cc6)c(O)c5[C@]3(O)C4=O)C2=O)O[C@H]1C. The Morgan fingerprint density at radius 1 is 0.918 bits per heavy atom. The van der Waals surface area contributed by atoms with Crippen LogP contribution < -0.4 is 5.32 Å². The Balaban J connectivity index is 1.22. The van der Waals surface area contributed by atoms with E-state index in [1.807, 2.05) is 30.3 Å². The fourth-order valence-corrected chi connectivity index (χ4v) is 9.44. The van der Waals surface area contributed by atoms with Crippen molar-refractivity contribution in [1.29, 1.82) is 0 Å². The predicted molar refractivity (Wildman–Crippen MR) is 215 cm³/mol. The zero-order valence-electron chi connectivity index (χ0n) is 33.3. The van der Waals surface area contributed by atoms with Gasteiger partial charge in [-0.2, -0.15) is 0 Å². The van der Waals surface area contributed by atoms with E-state index >= 15 is 0 Å². The number of hydrogen-bond acceptors (Lipinski definition) is 15. The Morgan fingerprint density at radius 2 is 1.59 bits per heavy atom. The van der Waals surface area contributed by atoms with Crippen LogP contribution in [-0.4, -0.2) is 122 Å². The molecule has 7 N–H and O–H groups in total. The summed E-state index contributed by atoms with van der Waals surface area (Å²) >= 11 is 0. The number of aliphatic hydroxyl groups is 4. The molecule has 1 heterocycles. The average molecular weight is 835 g/mol. The summed E-state index contributed by atoms with van der Waals surface area (Å²) in [6.07, 6.45) is -7.37. The largest absolute Gasteiger partial charge is 0.507 e. The number of phenolic OH excluding ortho intramolecular Hbond substituents is 2. The third-order valence-corrected chi connectivity index (χ3v) is 12.4. The zero-order chi connectivity index (χ0) is 43.9. The normalized spacial score (nSPS) is 28.8. The van der Waals surface area contributed by atoms with Gasteiger partial charge >= 0.3 is 0 Å². The van der Waals surface area contributed by atoms with Crippen LogP contribution in [0.3, 0.4) is 0 Å². The number of ketones is 4. The Kier molecular flexibility index (Phi) is 10.4. The first-order valence-electron chi connectivity index (χ1n) is 19.4. The van der Waals surface area contributed by atoms with Gasteiger partial charge in [-0.3, -0.25) is 29.0 Å². The molecule has 3 aliphatic carbocycles. The van der Waals surface area contributed by atoms with Gasteiger partial charge in [-0.05, 0) is 54.3 Å². The number of rotatable bonds is 7. The number of benzene rings is 4. The number of methoxy groups -OCH3 is 2. The number of phenols is 2. The highest BCUT2D eigenvalue weighted by Gasteiger charge is 2.72. The fraction of sp³-hybridized carbons (Fsp3) is 0.333. The smallest absolute Gasteiger partial charge is 0.259 e. The highest BCUT2D eigenvalue weighted by Crippen LogP contribution is 2.56. The molecule has 8 atom stereocenters. The van der Waals surface area contributed by atoms with Crippen LogP contribution in [-0.2, 0) is 26.2 Å². The quantitative estimate of drug-likeness (QED) is 0.141. The van der Waals surface area contributed by atoms with E-state index in [4.69, 9.17) is 14.2 Å². The van der Waals surface area contributed by atoms with E-state index < -0.39 is 141 Å². The second-order valence-corrected chi connectivity index (χ2v) is 15.7. The lowest BCUT2D eigenvalue weighted by molar-refractivity contribution is -0.206. The summed E-state index contributed by atoms with van der Waals surface area (Å²) in [5.74, 6) is -8.52. The van der Waals surface area contributed by atoms with E-state index in [2.05, 4.69) is 10.3 Å². The van der Waals surface area contributed by atoms with Gasteiger partial charge in [0.25, 0.3) is 5.91 Å². The number of Topliss-reactive ketones (excluding diaryl/α,β-unsaturated/α-hetero) is 4. The third-order valence-electron chi connectivity index (χ3n) is 12.4. The molecule has 316 valence electrons. The molecule has 16 heteroatoms. The summed E-state index contributed by atoms with van der Waals surface area (Å²) in [5.41, 5.74) is -8.05. The van der Waals surface area contributed by atoms with Gasteiger partial charge in [-0.25, -0.2) is 0 Å². The zero-order valence-corrected chi connectivity index (χ0v) is 33.3. The molecule has 1 fully saturated rings. The number of aromatic hydroxyl groups is 2. The molecule has 0 aromatic heterocycles. The van der Waals surface area contributed by atoms with E-state index in [1.54, 1.807) is 31.2 Å². The summed E-state index contributed by atoms with van der Waals surface area (Å²) in [7, 11) is 2.28. The maximum atomic E-state index is 15.0. The molecule has 0 saturated carbocycles. The van der Waals surface area contributed by atoms with Gasteiger partial charge < -0.3 is 50.2 Å². The molecule has 1 aliphatic heterocycles. The van der Waals surface area contributed by atoms with Gasteiger partial charge in [0.05, 0.1) is 59.7 Å². The van der Waals surface area contributed by atoms with Gasteiger partial charge in [0, 0.05) is 43.0 Å². The van der Waals surface area contributed by atoms with Crippen molar-refractivity contribution in [2.45, 2.75) is 68.5 Å². The third kappa shape index (κ3) is 6.01. The molecule has 1 saturated heterocycles. The Bertz CT molecular complexity index is 2570. The minimum atomic E-state index is -3.28. The molecule has 61 heavy (non-hydrogen) atoms. The van der Waals surface area contributed by atoms with Crippen molar-refractivity contribution in [3.8, 4) is 22.6 Å². The number of anilines is 1. The number of carbonyl (C=O) groups is 5. The Hall–Kier alpha value is -5.98. The minimum Gasteiger partial charge on any atom is -0.507 e. The van der Waals surface area contributed by atoms with E-state index in [0.717, 1.165) is 24.3 Å². The van der Waals surface area contributed by atoms with Crippen molar-refractivity contribution < 1.29 is 68.8 Å². The second kappa shape index (κ2) is 15.2. The molecular weight excluding hydrogens is 792 g/mol. The van der Waals surface area contributed by atoms with Gasteiger partial charge in [-0.15, -0.1) is 0 Å². The van der Waals surface area contributed by atoms with Crippen molar-refractivity contribution in [2.75, 3.05) is 26.1 Å². The first-order chi connectivity index (χ1) is 29.0. The molecular formula is C45H42N2O14. The maximum absolute atomic E-state index is 15.0. The first kappa shape index (κ1) is 41.7. The van der Waals surface area contributed by atoms with Crippen molar-refractivity contribution >= 4 is 40.4 Å². The number of ether oxygens (including phenoxy) is 3. The monoisotopic (exact) mass is 834 g/mol. The van der Waals surface area contributed by atoms with E-state index in [-0.39, 0.29) is 16.7 Å².